The highest BCUT2D eigenvalue weighted by Gasteiger charge is 2.15. The molecule has 31 nitrogen and oxygen atoms in total. The van der Waals surface area contributed by atoms with Crippen LogP contribution in [0.2, 0.25) is 0 Å². The zero-order valence-electron chi connectivity index (χ0n) is 84.1. The Bertz CT molecular complexity index is 6870. The highest BCUT2D eigenvalue weighted by molar-refractivity contribution is 5.88. The van der Waals surface area contributed by atoms with Crippen molar-refractivity contribution in [2.24, 2.45) is 84.6 Å². The number of pyridine rings is 8. The Labute approximate surface area is 797 Å². The quantitative estimate of drug-likeness (QED) is 0.136. The van der Waals surface area contributed by atoms with Crippen LogP contribution in [0.4, 0.5) is 0 Å². The van der Waals surface area contributed by atoms with Gasteiger partial charge in [0.25, 0.3) is 0 Å². The molecule has 0 saturated heterocycles. The molecule has 0 aliphatic rings. The van der Waals surface area contributed by atoms with E-state index < -0.39 is 0 Å². The Hall–Kier alpha value is -16.2. The summed E-state index contributed by atoms with van der Waals surface area (Å²) in [5.74, 6) is 7.02. The number of fused-ring (bicyclic) bond motifs is 12. The molecule has 137 heavy (non-hydrogen) atoms. The topological polar surface area (TPSA) is 304 Å². The standard InChI is InChI=1S/C11H13N.4C10H12N2.C9H10N2.4C8H9N3.2C7H8N4/c1-8-9(2)12(3)11-7-5-4-6-10(8)11;1-7-8(2)12(3)10-4-5-11-6-9(7)10;1-7-8(2)12(3)10-6-11-5-4-9(7)10;1-7-8(2)12(3)9-5-4-6-11-10(7)9;1-7-8(2)12(3)10-9(7)5-4-6-11-10;1-7-10-8-5-3-4-6-9(8)11(7)2;1-6-10-7-5-9-4-3-8(7)11(6)2;1-6-10-7-3-4-9-5-8(7)11(6)2;1-6-10-8-7(11(6)2)4-3-5-9-8;1-6-10-7-4-3-5-9-8(7)11(6)2;1-5-10-7-6(11(5)2)3-8-4-9-7;1-5-10-6-3-8-4-9-7(6)11(5)2/h4-7H,1-3H3;4*4-6H,1-3H3;3-6H,1-2H3;4*3-5H,1-2H3;2*3-4H,1-2H3. The van der Waals surface area contributed by atoms with E-state index in [-0.39, 0.29) is 0 Å². The zero-order valence-corrected chi connectivity index (χ0v) is 84.1. The summed E-state index contributed by atoms with van der Waals surface area (Å²) in [6.45, 7) is 35.2. The number of hydrogen-bond donors (Lipinski definition) is 0. The molecule has 0 atom stereocenters. The Morgan fingerprint density at radius 2 is 0.540 bits per heavy atom. The minimum absolute atomic E-state index is 0.764. The average Bonchev–Trinajstić information content (AvgIpc) is 1.65. The number of para-hydroxylation sites is 3. The lowest BCUT2D eigenvalue weighted by molar-refractivity contribution is 0.873. The third-order valence-electron chi connectivity index (χ3n) is 26.1. The molecule has 2 aromatic carbocycles. The van der Waals surface area contributed by atoms with Crippen LogP contribution in [-0.4, -0.2) is 150 Å². The molecular formula is C106H123N31. The molecule has 0 N–H and O–H groups in total. The maximum absolute atomic E-state index is 4.38. The molecule has 0 bridgehead atoms. The van der Waals surface area contributed by atoms with Crippen molar-refractivity contribution in [2.45, 2.75) is 118 Å². The van der Waals surface area contributed by atoms with E-state index in [0.717, 1.165) is 124 Å². The molecule has 24 aromatic rings. The predicted molar refractivity (Wildman–Crippen MR) is 554 cm³/mol. The van der Waals surface area contributed by atoms with E-state index in [0.29, 0.717) is 0 Å². The maximum Gasteiger partial charge on any atom is 0.180 e. The fourth-order valence-electron chi connectivity index (χ4n) is 16.0. The van der Waals surface area contributed by atoms with Gasteiger partial charge in [-0.2, -0.15) is 0 Å². The average molecular weight is 1830 g/mol. The van der Waals surface area contributed by atoms with Crippen molar-refractivity contribution in [3.63, 3.8) is 0 Å². The van der Waals surface area contributed by atoms with Gasteiger partial charge in [-0.3, -0.25) is 24.9 Å². The van der Waals surface area contributed by atoms with E-state index in [1.54, 1.807) is 43.4 Å². The van der Waals surface area contributed by atoms with Gasteiger partial charge in [0, 0.05) is 196 Å². The van der Waals surface area contributed by atoms with Gasteiger partial charge >= 0.3 is 0 Å². The van der Waals surface area contributed by atoms with Gasteiger partial charge in [0.05, 0.1) is 86.2 Å². The normalized spacial score (nSPS) is 10.8. The first-order chi connectivity index (χ1) is 65.6. The summed E-state index contributed by atoms with van der Waals surface area (Å²) in [5.41, 5.74) is 34.3. The summed E-state index contributed by atoms with van der Waals surface area (Å²) >= 11 is 0. The number of imidazole rings is 7. The van der Waals surface area contributed by atoms with Gasteiger partial charge < -0.3 is 54.8 Å². The van der Waals surface area contributed by atoms with Crippen molar-refractivity contribution in [1.82, 2.24) is 150 Å². The van der Waals surface area contributed by atoms with Gasteiger partial charge in [0.1, 0.15) is 81.1 Å². The van der Waals surface area contributed by atoms with Crippen LogP contribution < -0.4 is 0 Å². The van der Waals surface area contributed by atoms with Crippen LogP contribution >= 0.6 is 0 Å². The summed E-state index contributed by atoms with van der Waals surface area (Å²) in [6.07, 6.45) is 28.4. The minimum atomic E-state index is 0.764. The first-order valence-electron chi connectivity index (χ1n) is 45.0. The van der Waals surface area contributed by atoms with Crippen molar-refractivity contribution in [2.75, 3.05) is 0 Å². The minimum Gasteiger partial charge on any atom is -0.348 e. The molecule has 0 aliphatic heterocycles. The molecule has 0 aliphatic carbocycles. The van der Waals surface area contributed by atoms with Gasteiger partial charge in [-0.05, 0) is 237 Å². The molecule has 0 saturated carbocycles. The van der Waals surface area contributed by atoms with E-state index in [2.05, 4.69) is 286 Å². The SMILES string of the molecule is Cc1c(C)n(C)c2ccccc12.Cc1c(C)n(C)c2cccnc12.Cc1c(C)n(C)c2ccncc12.Cc1c(C)n(C)c2cnccc12.Cc1c(C)n(C)c2ncccc12.Cc1nc2ccccc2n1C.Cc1nc2cccnc2n1C.Cc1nc2ccncc2n1C.Cc1nc2cnccc2n1C.Cc1nc2cncnc2n1C.Cc1nc2ncccc2n1C.Cc1nc2ncncc2n1C. The van der Waals surface area contributed by atoms with Crippen molar-refractivity contribution >= 4 is 133 Å². The van der Waals surface area contributed by atoms with Crippen LogP contribution in [0, 0.1) is 118 Å². The molecule has 22 heterocycles. The van der Waals surface area contributed by atoms with Gasteiger partial charge in [-0.25, -0.2) is 69.8 Å². The largest absolute Gasteiger partial charge is 0.348 e. The number of aromatic nitrogens is 31. The van der Waals surface area contributed by atoms with Gasteiger partial charge in [0.15, 0.2) is 22.6 Å². The first kappa shape index (κ1) is 98.3. The van der Waals surface area contributed by atoms with Crippen LogP contribution in [0.5, 0.6) is 0 Å². The van der Waals surface area contributed by atoms with Gasteiger partial charge in [-0.15, -0.1) is 0 Å². The summed E-state index contributed by atoms with van der Waals surface area (Å²) in [7, 11) is 24.3. The second kappa shape index (κ2) is 43.2. The lowest BCUT2D eigenvalue weighted by Crippen LogP contribution is -1.91. The summed E-state index contributed by atoms with van der Waals surface area (Å²) in [6, 6.07) is 40.6. The van der Waals surface area contributed by atoms with Crippen LogP contribution in [0.15, 0.2) is 221 Å². The molecule has 0 radical (unpaired) electrons. The van der Waals surface area contributed by atoms with Crippen LogP contribution in [-0.2, 0) is 84.6 Å². The molecule has 0 spiro atoms. The van der Waals surface area contributed by atoms with Crippen molar-refractivity contribution in [1.29, 1.82) is 0 Å². The van der Waals surface area contributed by atoms with E-state index in [1.807, 2.05) is 231 Å². The number of nitrogens with zero attached hydrogens (tertiary/aromatic N) is 31. The maximum atomic E-state index is 4.38. The first-order valence-corrected chi connectivity index (χ1v) is 45.0. The molecule has 31 heteroatoms. The second-order valence-corrected chi connectivity index (χ2v) is 33.8. The van der Waals surface area contributed by atoms with Crippen molar-refractivity contribution in [3.05, 3.63) is 318 Å². The fourth-order valence-corrected chi connectivity index (χ4v) is 16.0. The van der Waals surface area contributed by atoms with Gasteiger partial charge in [0.2, 0.25) is 0 Å². The Morgan fingerprint density at radius 3 is 1.12 bits per heavy atom. The van der Waals surface area contributed by atoms with Gasteiger partial charge in [-0.1, -0.05) is 30.3 Å². The number of rotatable bonds is 0. The zero-order chi connectivity index (χ0) is 98.5. The monoisotopic (exact) mass is 1830 g/mol. The summed E-state index contributed by atoms with van der Waals surface area (Å²) < 4.78 is 25.0. The van der Waals surface area contributed by atoms with E-state index in [9.17, 15) is 0 Å². The number of hydrogen-bond acceptors (Lipinski definition) is 19. The molecule has 0 amide bonds. The lowest BCUT2D eigenvalue weighted by Gasteiger charge is -1.96. The predicted octanol–water partition coefficient (Wildman–Crippen LogP) is 19.9. The fraction of sp³-hybridized carbons (Fsp3) is 0.274. The van der Waals surface area contributed by atoms with E-state index >= 15 is 0 Å². The molecule has 0 unspecified atom stereocenters. The summed E-state index contributed by atoms with van der Waals surface area (Å²) in [5, 5.41) is 5.21. The molecule has 702 valence electrons. The van der Waals surface area contributed by atoms with E-state index in [4.69, 9.17) is 0 Å². The number of aryl methyl sites for hydroxylation is 24. The molecule has 24 rings (SSSR count). The number of benzene rings is 2. The van der Waals surface area contributed by atoms with Crippen LogP contribution in [0.1, 0.15) is 97.1 Å². The third kappa shape index (κ3) is 21.2. The highest BCUT2D eigenvalue weighted by atomic mass is 15.1. The van der Waals surface area contributed by atoms with Crippen LogP contribution in [0.3, 0.4) is 0 Å². The van der Waals surface area contributed by atoms with Crippen LogP contribution in [0.25, 0.3) is 133 Å². The molecular weight excluding hydrogens is 1710 g/mol. The Kier molecular flexibility index (Phi) is 31.0. The van der Waals surface area contributed by atoms with Crippen molar-refractivity contribution < 1.29 is 0 Å². The Balaban J connectivity index is 0.000000126. The van der Waals surface area contributed by atoms with E-state index in [1.165, 1.54) is 118 Å². The second-order valence-electron chi connectivity index (χ2n) is 33.8. The summed E-state index contributed by atoms with van der Waals surface area (Å²) in [4.78, 5) is 79.2. The molecule has 22 aromatic heterocycles. The Morgan fingerprint density at radius 1 is 0.182 bits per heavy atom. The van der Waals surface area contributed by atoms with Crippen molar-refractivity contribution in [3.8, 4) is 0 Å². The highest BCUT2D eigenvalue weighted by Crippen LogP contribution is 2.28. The third-order valence-corrected chi connectivity index (χ3v) is 26.1. The molecule has 0 fully saturated rings. The smallest absolute Gasteiger partial charge is 0.180 e. The lowest BCUT2D eigenvalue weighted by atomic mass is 10.2.